The van der Waals surface area contributed by atoms with Gasteiger partial charge in [-0.15, -0.1) is 0 Å². The van der Waals surface area contributed by atoms with Gasteiger partial charge < -0.3 is 10.4 Å². The minimum absolute atomic E-state index is 0.447. The van der Waals surface area contributed by atoms with Crippen LogP contribution in [-0.2, 0) is 5.60 Å². The molecule has 0 aliphatic heterocycles. The molecule has 0 saturated carbocycles. The van der Waals surface area contributed by atoms with Crippen LogP contribution >= 0.6 is 11.6 Å². The molecule has 0 aliphatic rings. The molecule has 1 aromatic rings. The zero-order chi connectivity index (χ0) is 11.3. The maximum Gasteiger partial charge on any atom is 0.0992 e. The second kappa shape index (κ2) is 5.31. The number of hydrogen-bond donors (Lipinski definition) is 2. The predicted molar refractivity (Wildman–Crippen MR) is 63.9 cm³/mol. The summed E-state index contributed by atoms with van der Waals surface area (Å²) in [6, 6.07) is 9.54. The van der Waals surface area contributed by atoms with E-state index < -0.39 is 5.60 Å². The zero-order valence-electron chi connectivity index (χ0n) is 8.83. The lowest BCUT2D eigenvalue weighted by molar-refractivity contribution is 0.0580. The van der Waals surface area contributed by atoms with Crippen LogP contribution in [0, 0.1) is 0 Å². The molecule has 0 radical (unpaired) electrons. The second-order valence-electron chi connectivity index (χ2n) is 3.76. The third kappa shape index (κ3) is 4.04. The van der Waals surface area contributed by atoms with E-state index in [0.29, 0.717) is 18.1 Å². The van der Waals surface area contributed by atoms with Gasteiger partial charge in [0.2, 0.25) is 0 Å². The lowest BCUT2D eigenvalue weighted by atomic mass is 9.96. The van der Waals surface area contributed by atoms with Crippen LogP contribution in [0.3, 0.4) is 0 Å². The smallest absolute Gasteiger partial charge is 0.0992 e. The van der Waals surface area contributed by atoms with Crippen molar-refractivity contribution in [3.8, 4) is 0 Å². The van der Waals surface area contributed by atoms with Crippen molar-refractivity contribution in [1.82, 2.24) is 5.32 Å². The van der Waals surface area contributed by atoms with E-state index in [1.807, 2.05) is 30.3 Å². The fraction of sp³-hybridized carbons (Fsp3) is 0.333. The minimum atomic E-state index is -0.881. The fourth-order valence-electron chi connectivity index (χ4n) is 1.34. The first kappa shape index (κ1) is 12.2. The molecule has 0 saturated heterocycles. The first-order valence-corrected chi connectivity index (χ1v) is 5.22. The van der Waals surface area contributed by atoms with Crippen molar-refractivity contribution in [1.29, 1.82) is 0 Å². The highest BCUT2D eigenvalue weighted by Gasteiger charge is 2.21. The SMILES string of the molecule is C=C(Cl)CNCC(C)(O)c1ccccc1. The molecule has 3 heteroatoms. The Bertz CT molecular complexity index is 322. The van der Waals surface area contributed by atoms with Crippen LogP contribution in [0.2, 0.25) is 0 Å². The molecule has 2 nitrogen and oxygen atoms in total. The van der Waals surface area contributed by atoms with E-state index in [9.17, 15) is 5.11 Å². The number of nitrogens with one attached hydrogen (secondary N) is 1. The standard InChI is InChI=1S/C12H16ClNO/c1-10(13)8-14-9-12(2,15)11-6-4-3-5-7-11/h3-7,14-15H,1,8-9H2,2H3. The first-order chi connectivity index (χ1) is 7.02. The largest absolute Gasteiger partial charge is 0.384 e. The Hall–Kier alpha value is -0.830. The number of hydrogen-bond acceptors (Lipinski definition) is 2. The van der Waals surface area contributed by atoms with Crippen molar-refractivity contribution >= 4 is 11.6 Å². The number of aliphatic hydroxyl groups is 1. The Morgan fingerprint density at radius 2 is 2.07 bits per heavy atom. The summed E-state index contributed by atoms with van der Waals surface area (Å²) in [6.45, 7) is 6.29. The lowest BCUT2D eigenvalue weighted by Crippen LogP contribution is -2.35. The summed E-state index contributed by atoms with van der Waals surface area (Å²) < 4.78 is 0. The summed E-state index contributed by atoms with van der Waals surface area (Å²) in [6.07, 6.45) is 0. The predicted octanol–water partition coefficient (Wildman–Crippen LogP) is 2.24. The van der Waals surface area contributed by atoms with E-state index in [4.69, 9.17) is 11.6 Å². The second-order valence-corrected chi connectivity index (χ2v) is 4.30. The van der Waals surface area contributed by atoms with Crippen LogP contribution in [0.4, 0.5) is 0 Å². The highest BCUT2D eigenvalue weighted by atomic mass is 35.5. The molecule has 0 aliphatic carbocycles. The Balaban J connectivity index is 2.56. The molecule has 1 atom stereocenters. The van der Waals surface area contributed by atoms with Crippen LogP contribution in [-0.4, -0.2) is 18.2 Å². The summed E-state index contributed by atoms with van der Waals surface area (Å²) in [7, 11) is 0. The van der Waals surface area contributed by atoms with Crippen LogP contribution < -0.4 is 5.32 Å². The van der Waals surface area contributed by atoms with Gasteiger partial charge in [-0.2, -0.15) is 0 Å². The van der Waals surface area contributed by atoms with Crippen molar-refractivity contribution in [2.45, 2.75) is 12.5 Å². The average Bonchev–Trinajstić information content (AvgIpc) is 2.18. The average molecular weight is 226 g/mol. The van der Waals surface area contributed by atoms with Crippen LogP contribution in [0.1, 0.15) is 12.5 Å². The first-order valence-electron chi connectivity index (χ1n) is 4.84. The summed E-state index contributed by atoms with van der Waals surface area (Å²) in [5, 5.41) is 13.7. The molecule has 1 aromatic carbocycles. The van der Waals surface area contributed by atoms with E-state index in [2.05, 4.69) is 11.9 Å². The molecule has 2 N–H and O–H groups in total. The summed E-state index contributed by atoms with van der Waals surface area (Å²) in [5.74, 6) is 0. The Morgan fingerprint density at radius 3 is 2.60 bits per heavy atom. The van der Waals surface area contributed by atoms with Gasteiger partial charge in [0.05, 0.1) is 5.60 Å². The van der Waals surface area contributed by atoms with Gasteiger partial charge in [0.15, 0.2) is 0 Å². The zero-order valence-corrected chi connectivity index (χ0v) is 9.59. The molecule has 0 bridgehead atoms. The molecule has 1 unspecified atom stereocenters. The van der Waals surface area contributed by atoms with E-state index in [0.717, 1.165) is 5.56 Å². The molecule has 0 heterocycles. The van der Waals surface area contributed by atoms with E-state index in [1.54, 1.807) is 6.92 Å². The third-order valence-electron chi connectivity index (χ3n) is 2.18. The van der Waals surface area contributed by atoms with Crippen LogP contribution in [0.15, 0.2) is 41.9 Å². The molecule has 82 valence electrons. The number of rotatable bonds is 5. The Morgan fingerprint density at radius 1 is 1.47 bits per heavy atom. The molecule has 0 amide bonds. The van der Waals surface area contributed by atoms with E-state index >= 15 is 0 Å². The van der Waals surface area contributed by atoms with Gasteiger partial charge in [-0.25, -0.2) is 0 Å². The van der Waals surface area contributed by atoms with E-state index in [1.165, 1.54) is 0 Å². The highest BCUT2D eigenvalue weighted by Crippen LogP contribution is 2.18. The molecule has 0 aromatic heterocycles. The maximum absolute atomic E-state index is 10.2. The van der Waals surface area contributed by atoms with Crippen molar-refractivity contribution < 1.29 is 5.11 Å². The quantitative estimate of drug-likeness (QED) is 0.806. The van der Waals surface area contributed by atoms with Crippen LogP contribution in [0.5, 0.6) is 0 Å². The molecule has 15 heavy (non-hydrogen) atoms. The summed E-state index contributed by atoms with van der Waals surface area (Å²) in [4.78, 5) is 0. The van der Waals surface area contributed by atoms with Crippen molar-refractivity contribution in [3.05, 3.63) is 47.5 Å². The summed E-state index contributed by atoms with van der Waals surface area (Å²) in [5.41, 5.74) is 0.00539. The molecule has 0 spiro atoms. The van der Waals surface area contributed by atoms with Gasteiger partial charge in [-0.3, -0.25) is 0 Å². The van der Waals surface area contributed by atoms with Gasteiger partial charge >= 0.3 is 0 Å². The number of halogens is 1. The monoisotopic (exact) mass is 225 g/mol. The van der Waals surface area contributed by atoms with Gasteiger partial charge in [0.25, 0.3) is 0 Å². The van der Waals surface area contributed by atoms with Gasteiger partial charge in [-0.1, -0.05) is 48.5 Å². The molecule has 1 rings (SSSR count). The third-order valence-corrected chi connectivity index (χ3v) is 2.32. The van der Waals surface area contributed by atoms with Gasteiger partial charge in [-0.05, 0) is 12.5 Å². The molecule has 0 fully saturated rings. The maximum atomic E-state index is 10.2. The van der Waals surface area contributed by atoms with Crippen molar-refractivity contribution in [2.75, 3.05) is 13.1 Å². The normalized spacial score (nSPS) is 14.6. The van der Waals surface area contributed by atoms with Crippen molar-refractivity contribution in [2.24, 2.45) is 0 Å². The van der Waals surface area contributed by atoms with Gasteiger partial charge in [0.1, 0.15) is 0 Å². The summed E-state index contributed by atoms with van der Waals surface area (Å²) >= 11 is 5.61. The number of benzene rings is 1. The fourth-order valence-corrected chi connectivity index (χ4v) is 1.44. The van der Waals surface area contributed by atoms with E-state index in [-0.39, 0.29) is 0 Å². The van der Waals surface area contributed by atoms with Crippen LogP contribution in [0.25, 0.3) is 0 Å². The molecular weight excluding hydrogens is 210 g/mol. The Labute approximate surface area is 95.6 Å². The Kier molecular flexibility index (Phi) is 4.33. The molecular formula is C12H16ClNO. The highest BCUT2D eigenvalue weighted by molar-refractivity contribution is 6.29. The van der Waals surface area contributed by atoms with Crippen molar-refractivity contribution in [3.63, 3.8) is 0 Å². The topological polar surface area (TPSA) is 32.3 Å². The van der Waals surface area contributed by atoms with Gasteiger partial charge in [0, 0.05) is 18.1 Å². The minimum Gasteiger partial charge on any atom is -0.384 e. The lowest BCUT2D eigenvalue weighted by Gasteiger charge is -2.24.